The van der Waals surface area contributed by atoms with Crippen LogP contribution in [0.15, 0.2) is 48.5 Å². The maximum absolute atomic E-state index is 11.4. The van der Waals surface area contributed by atoms with E-state index < -0.39 is 7.32 Å². The maximum Gasteiger partial charge on any atom is 1.00 e. The predicted molar refractivity (Wildman–Crippen MR) is 67.1 cm³/mol. The van der Waals surface area contributed by atoms with E-state index in [1.54, 1.807) is 36.4 Å². The molecule has 0 aliphatic rings. The molecule has 0 aromatic heterocycles. The SMILES string of the molecule is [Li+].[O-]B(OCc1ccccc1[O-])OCc1ccccc1[O-]. The Morgan fingerprint density at radius 2 is 1.14 bits per heavy atom. The molecule has 0 fully saturated rings. The van der Waals surface area contributed by atoms with Crippen molar-refractivity contribution in [2.24, 2.45) is 0 Å². The van der Waals surface area contributed by atoms with Gasteiger partial charge >= 0.3 is 26.2 Å². The Bertz CT molecular complexity index is 517. The smallest absolute Gasteiger partial charge is 0.872 e. The standard InChI is InChI=1S/C14H14BO5.Li/c16-13-7-3-1-5-11(13)9-19-15(18)20-10-12-6-2-4-8-14(12)17;/h1-8,16-17H,9-10H2;/q-1;+1/p-2. The fourth-order valence-electron chi connectivity index (χ4n) is 1.61. The molecule has 0 unspecified atom stereocenters. The van der Waals surface area contributed by atoms with E-state index in [0.717, 1.165) is 0 Å². The third-order valence-electron chi connectivity index (χ3n) is 2.70. The van der Waals surface area contributed by atoms with Crippen molar-refractivity contribution in [1.82, 2.24) is 0 Å². The molecule has 5 nitrogen and oxygen atoms in total. The largest absolute Gasteiger partial charge is 1.00 e. The Kier molecular flexibility index (Phi) is 7.37. The van der Waals surface area contributed by atoms with E-state index in [9.17, 15) is 15.2 Å². The first-order valence-corrected chi connectivity index (χ1v) is 6.05. The normalized spacial score (nSPS) is 9.95. The molecule has 0 spiro atoms. The third-order valence-corrected chi connectivity index (χ3v) is 2.70. The molecule has 0 bridgehead atoms. The molecule has 0 atom stereocenters. The molecule has 0 saturated heterocycles. The van der Waals surface area contributed by atoms with Crippen LogP contribution in [0.25, 0.3) is 0 Å². The first-order valence-electron chi connectivity index (χ1n) is 6.05. The molecule has 0 heterocycles. The quantitative estimate of drug-likeness (QED) is 0.523. The zero-order valence-corrected chi connectivity index (χ0v) is 11.7. The fourth-order valence-corrected chi connectivity index (χ4v) is 1.61. The summed E-state index contributed by atoms with van der Waals surface area (Å²) >= 11 is 0. The number of para-hydroxylation sites is 2. The topological polar surface area (TPSA) is 87.6 Å². The van der Waals surface area contributed by atoms with Crippen LogP contribution < -0.4 is 34.1 Å². The molecule has 2 aromatic carbocycles. The molecule has 7 heteroatoms. The summed E-state index contributed by atoms with van der Waals surface area (Å²) in [6.45, 7) is -0.236. The molecule has 0 amide bonds. The van der Waals surface area contributed by atoms with E-state index in [2.05, 4.69) is 0 Å². The molecule has 21 heavy (non-hydrogen) atoms. The van der Waals surface area contributed by atoms with Crippen LogP contribution >= 0.6 is 0 Å². The summed E-state index contributed by atoms with van der Waals surface area (Å²) in [4.78, 5) is 0. The number of benzene rings is 2. The molecule has 0 aliphatic carbocycles. The first kappa shape index (κ1) is 17.6. The van der Waals surface area contributed by atoms with Gasteiger partial charge in [0.05, 0.1) is 13.2 Å². The van der Waals surface area contributed by atoms with Gasteiger partial charge in [0, 0.05) is 0 Å². The number of hydrogen-bond acceptors (Lipinski definition) is 5. The van der Waals surface area contributed by atoms with Crippen LogP contribution in [0.1, 0.15) is 11.1 Å². The molecule has 2 aromatic rings. The van der Waals surface area contributed by atoms with Gasteiger partial charge in [-0.3, -0.25) is 0 Å². The van der Waals surface area contributed by atoms with E-state index >= 15 is 0 Å². The van der Waals surface area contributed by atoms with Gasteiger partial charge in [-0.2, -0.15) is 0 Å². The minimum absolute atomic E-state index is 0. The fraction of sp³-hybridized carbons (Fsp3) is 0.143. The van der Waals surface area contributed by atoms with Gasteiger partial charge in [0.15, 0.2) is 0 Å². The minimum Gasteiger partial charge on any atom is -0.872 e. The average Bonchev–Trinajstić information content (AvgIpc) is 2.45. The number of rotatable bonds is 6. The van der Waals surface area contributed by atoms with Crippen LogP contribution in [0, 0.1) is 0 Å². The molecule has 2 rings (SSSR count). The first-order chi connectivity index (χ1) is 9.66. The van der Waals surface area contributed by atoms with Gasteiger partial charge in [0.25, 0.3) is 0 Å². The summed E-state index contributed by atoms with van der Waals surface area (Å²) in [5.74, 6) is -0.380. The van der Waals surface area contributed by atoms with Crippen LogP contribution in [0.5, 0.6) is 11.5 Å². The van der Waals surface area contributed by atoms with Gasteiger partial charge in [-0.1, -0.05) is 48.5 Å². The molecule has 0 aliphatic heterocycles. The van der Waals surface area contributed by atoms with Crippen molar-refractivity contribution < 1.29 is 43.4 Å². The van der Waals surface area contributed by atoms with E-state index in [0.29, 0.717) is 11.1 Å². The molecule has 0 radical (unpaired) electrons. The van der Waals surface area contributed by atoms with E-state index in [1.807, 2.05) is 0 Å². The summed E-state index contributed by atoms with van der Waals surface area (Å²) in [6.07, 6.45) is 0. The Hall–Kier alpha value is -1.42. The van der Waals surface area contributed by atoms with Crippen LogP contribution in [0.4, 0.5) is 0 Å². The zero-order valence-electron chi connectivity index (χ0n) is 11.7. The van der Waals surface area contributed by atoms with E-state index in [4.69, 9.17) is 9.31 Å². The van der Waals surface area contributed by atoms with Crippen molar-refractivity contribution in [3.8, 4) is 11.5 Å². The second-order valence-electron chi connectivity index (χ2n) is 4.13. The van der Waals surface area contributed by atoms with Gasteiger partial charge in [-0.25, -0.2) is 0 Å². The molecular formula is C14H12BLiO5-2. The van der Waals surface area contributed by atoms with Crippen LogP contribution in [0.2, 0.25) is 0 Å². The molecular weight excluding hydrogens is 266 g/mol. The average molecular weight is 278 g/mol. The Morgan fingerprint density at radius 3 is 1.52 bits per heavy atom. The van der Waals surface area contributed by atoms with Gasteiger partial charge in [0.2, 0.25) is 0 Å². The monoisotopic (exact) mass is 278 g/mol. The molecule has 0 N–H and O–H groups in total. The second kappa shape index (κ2) is 8.78. The number of hydrogen-bond donors (Lipinski definition) is 0. The Morgan fingerprint density at radius 1 is 0.762 bits per heavy atom. The van der Waals surface area contributed by atoms with Crippen molar-refractivity contribution in [1.29, 1.82) is 0 Å². The van der Waals surface area contributed by atoms with Gasteiger partial charge in [0.1, 0.15) is 0 Å². The molecule has 104 valence electrons. The van der Waals surface area contributed by atoms with Crippen LogP contribution in [-0.4, -0.2) is 7.32 Å². The van der Waals surface area contributed by atoms with Gasteiger partial charge < -0.3 is 24.5 Å². The summed E-state index contributed by atoms with van der Waals surface area (Å²) in [5.41, 5.74) is 0.780. The second-order valence-corrected chi connectivity index (χ2v) is 4.13. The summed E-state index contributed by atoms with van der Waals surface area (Å²) in [7, 11) is -1.74. The Balaban J connectivity index is 0.00000220. The summed E-state index contributed by atoms with van der Waals surface area (Å²) in [6, 6.07) is 12.6. The van der Waals surface area contributed by atoms with Crippen molar-refractivity contribution in [3.63, 3.8) is 0 Å². The Labute approximate surface area is 135 Å². The summed E-state index contributed by atoms with van der Waals surface area (Å²) < 4.78 is 9.78. The van der Waals surface area contributed by atoms with E-state index in [1.165, 1.54) is 12.1 Å². The van der Waals surface area contributed by atoms with Gasteiger partial charge in [-0.15, -0.1) is 11.5 Å². The van der Waals surface area contributed by atoms with E-state index in [-0.39, 0.29) is 43.6 Å². The van der Waals surface area contributed by atoms with Crippen molar-refractivity contribution in [3.05, 3.63) is 59.7 Å². The maximum atomic E-state index is 11.4. The minimum atomic E-state index is -1.74. The van der Waals surface area contributed by atoms with Gasteiger partial charge in [-0.05, 0) is 11.1 Å². The predicted octanol–water partition coefficient (Wildman–Crippen LogP) is -3.08. The van der Waals surface area contributed by atoms with Crippen molar-refractivity contribution in [2.75, 3.05) is 0 Å². The summed E-state index contributed by atoms with van der Waals surface area (Å²) in [5, 5.41) is 34.2. The van der Waals surface area contributed by atoms with Crippen molar-refractivity contribution in [2.45, 2.75) is 13.2 Å². The zero-order chi connectivity index (χ0) is 14.4. The van der Waals surface area contributed by atoms with Crippen LogP contribution in [-0.2, 0) is 22.5 Å². The van der Waals surface area contributed by atoms with Crippen LogP contribution in [0.3, 0.4) is 0 Å². The van der Waals surface area contributed by atoms with Crippen molar-refractivity contribution >= 4 is 7.32 Å². The molecule has 0 saturated carbocycles. The third kappa shape index (κ3) is 5.46.